The molecule has 5 heteroatoms. The molecule has 0 saturated heterocycles. The first-order valence-electron chi connectivity index (χ1n) is 6.78. The second-order valence-electron chi connectivity index (χ2n) is 4.59. The monoisotopic (exact) mass is 280 g/mol. The van der Waals surface area contributed by atoms with Crippen molar-refractivity contribution in [3.05, 3.63) is 46.6 Å². The van der Waals surface area contributed by atoms with Gasteiger partial charge in [0, 0.05) is 12.6 Å². The highest BCUT2D eigenvalue weighted by molar-refractivity contribution is 5.56. The molecular weight excluding hydrogens is 264 g/mol. The van der Waals surface area contributed by atoms with Gasteiger partial charge in [0.25, 0.3) is 0 Å². The highest BCUT2D eigenvalue weighted by Gasteiger charge is 2.16. The molecule has 0 bridgehead atoms. The normalized spacial score (nSPS) is 9.95. The molecule has 0 radical (unpaired) electrons. The Morgan fingerprint density at radius 1 is 1.33 bits per heavy atom. The van der Waals surface area contributed by atoms with Crippen LogP contribution in [0.4, 0.5) is 5.69 Å². The molecule has 0 N–H and O–H groups in total. The van der Waals surface area contributed by atoms with E-state index in [1.807, 2.05) is 31.6 Å². The van der Waals surface area contributed by atoms with E-state index in [1.165, 1.54) is 0 Å². The van der Waals surface area contributed by atoms with Crippen LogP contribution in [0.3, 0.4) is 0 Å². The van der Waals surface area contributed by atoms with Crippen molar-refractivity contribution in [2.45, 2.75) is 26.7 Å². The van der Waals surface area contributed by atoms with E-state index in [0.29, 0.717) is 17.0 Å². The van der Waals surface area contributed by atoms with E-state index in [9.17, 15) is 0 Å². The van der Waals surface area contributed by atoms with Crippen molar-refractivity contribution < 1.29 is 4.74 Å². The van der Waals surface area contributed by atoms with Crippen LogP contribution in [0.5, 0.6) is 11.5 Å². The second kappa shape index (κ2) is 6.11. The molecule has 1 aromatic carbocycles. The van der Waals surface area contributed by atoms with Crippen molar-refractivity contribution in [2.75, 3.05) is 0 Å². The predicted molar refractivity (Wildman–Crippen MR) is 79.5 cm³/mol. The van der Waals surface area contributed by atoms with Crippen LogP contribution in [0.1, 0.15) is 30.8 Å². The van der Waals surface area contributed by atoms with E-state index in [2.05, 4.69) is 9.94 Å². The summed E-state index contributed by atoms with van der Waals surface area (Å²) >= 11 is 0. The minimum Gasteiger partial charge on any atom is -0.455 e. The molecule has 106 valence electrons. The lowest BCUT2D eigenvalue weighted by Gasteiger charge is -2.09. The van der Waals surface area contributed by atoms with E-state index >= 15 is 0 Å². The van der Waals surface area contributed by atoms with Crippen LogP contribution in [0.2, 0.25) is 0 Å². The third kappa shape index (κ3) is 2.88. The average Bonchev–Trinajstić information content (AvgIpc) is 2.81. The van der Waals surface area contributed by atoms with E-state index in [4.69, 9.17) is 16.6 Å². The van der Waals surface area contributed by atoms with Crippen LogP contribution >= 0.6 is 0 Å². The number of rotatable bonds is 4. The zero-order valence-electron chi connectivity index (χ0n) is 12.3. The van der Waals surface area contributed by atoms with Crippen molar-refractivity contribution in [1.29, 1.82) is 5.26 Å². The summed E-state index contributed by atoms with van der Waals surface area (Å²) in [7, 11) is 1.89. The topological polar surface area (TPSA) is 55.2 Å². The summed E-state index contributed by atoms with van der Waals surface area (Å²) in [5.41, 5.74) is 2.68. The number of hydrogen-bond acceptors (Lipinski definition) is 3. The summed E-state index contributed by atoms with van der Waals surface area (Å²) in [4.78, 5) is 3.37. The molecule has 0 aliphatic carbocycles. The van der Waals surface area contributed by atoms with Gasteiger partial charge in [-0.25, -0.2) is 4.85 Å². The number of hydrogen-bond donors (Lipinski definition) is 0. The number of aryl methyl sites for hydroxylation is 2. The Morgan fingerprint density at radius 3 is 2.67 bits per heavy atom. The largest absolute Gasteiger partial charge is 0.455 e. The number of nitriles is 1. The van der Waals surface area contributed by atoms with Crippen molar-refractivity contribution in [2.24, 2.45) is 7.05 Å². The van der Waals surface area contributed by atoms with Crippen LogP contribution in [-0.2, 0) is 19.9 Å². The van der Waals surface area contributed by atoms with E-state index < -0.39 is 0 Å². The molecule has 1 aromatic heterocycles. The van der Waals surface area contributed by atoms with Crippen molar-refractivity contribution in [3.63, 3.8) is 0 Å². The predicted octanol–water partition coefficient (Wildman–Crippen LogP) is 3.76. The zero-order valence-corrected chi connectivity index (χ0v) is 12.3. The summed E-state index contributed by atoms with van der Waals surface area (Å²) < 4.78 is 7.77. The Hall–Kier alpha value is -2.79. The minimum absolute atomic E-state index is 0.393. The summed E-state index contributed by atoms with van der Waals surface area (Å²) in [6, 6.07) is 6.87. The highest BCUT2D eigenvalue weighted by atomic mass is 16.5. The van der Waals surface area contributed by atoms with Crippen LogP contribution in [0.15, 0.2) is 18.2 Å². The van der Waals surface area contributed by atoms with Gasteiger partial charge < -0.3 is 4.74 Å². The van der Waals surface area contributed by atoms with Gasteiger partial charge in [0.15, 0.2) is 11.4 Å². The summed E-state index contributed by atoms with van der Waals surface area (Å²) in [5.74, 6) is 1.23. The summed E-state index contributed by atoms with van der Waals surface area (Å²) in [6.07, 6.45) is 1.56. The molecule has 5 nitrogen and oxygen atoms in total. The van der Waals surface area contributed by atoms with Gasteiger partial charge in [-0.3, -0.25) is 4.68 Å². The highest BCUT2D eigenvalue weighted by Crippen LogP contribution is 2.32. The van der Waals surface area contributed by atoms with E-state index in [-0.39, 0.29) is 0 Å². The molecule has 1 heterocycles. The Kier molecular flexibility index (Phi) is 4.25. The number of nitrogens with zero attached hydrogens (tertiary/aromatic N) is 4. The Bertz CT molecular complexity index is 715. The van der Waals surface area contributed by atoms with Gasteiger partial charge in [-0.05, 0) is 31.0 Å². The first-order valence-corrected chi connectivity index (χ1v) is 6.78. The van der Waals surface area contributed by atoms with Crippen LogP contribution in [0, 0.1) is 17.9 Å². The van der Waals surface area contributed by atoms with Gasteiger partial charge in [0.1, 0.15) is 11.4 Å². The molecule has 0 fully saturated rings. The smallest absolute Gasteiger partial charge is 0.192 e. The lowest BCUT2D eigenvalue weighted by atomic mass is 10.2. The van der Waals surface area contributed by atoms with Crippen molar-refractivity contribution in [1.82, 2.24) is 9.78 Å². The van der Waals surface area contributed by atoms with Gasteiger partial charge in [-0.15, -0.1) is 0 Å². The van der Waals surface area contributed by atoms with Gasteiger partial charge in [0.05, 0.1) is 18.3 Å². The van der Waals surface area contributed by atoms with Crippen molar-refractivity contribution in [3.8, 4) is 17.6 Å². The molecule has 0 aliphatic heterocycles. The van der Waals surface area contributed by atoms with Gasteiger partial charge in [0.2, 0.25) is 0 Å². The first-order chi connectivity index (χ1) is 10.1. The molecule has 0 unspecified atom stereocenters. The van der Waals surface area contributed by atoms with E-state index in [1.54, 1.807) is 18.2 Å². The maximum Gasteiger partial charge on any atom is 0.192 e. The maximum atomic E-state index is 9.03. The Labute approximate surface area is 124 Å². The molecular formula is C16H16N4O. The second-order valence-corrected chi connectivity index (χ2v) is 4.59. The minimum atomic E-state index is 0.393. The first kappa shape index (κ1) is 14.6. The maximum absolute atomic E-state index is 9.03. The molecule has 2 aromatic rings. The molecule has 0 atom stereocenters. The van der Waals surface area contributed by atoms with Gasteiger partial charge >= 0.3 is 0 Å². The number of aromatic nitrogens is 2. The van der Waals surface area contributed by atoms with Crippen LogP contribution < -0.4 is 4.74 Å². The molecule has 0 saturated carbocycles. The van der Waals surface area contributed by atoms with Gasteiger partial charge in [-0.2, -0.15) is 10.4 Å². The fourth-order valence-electron chi connectivity index (χ4n) is 2.23. The summed E-state index contributed by atoms with van der Waals surface area (Å²) in [5, 5.41) is 13.5. The fourth-order valence-corrected chi connectivity index (χ4v) is 2.23. The third-order valence-electron chi connectivity index (χ3n) is 3.22. The third-order valence-corrected chi connectivity index (χ3v) is 3.22. The molecule has 21 heavy (non-hydrogen) atoms. The van der Waals surface area contributed by atoms with Gasteiger partial charge in [-0.1, -0.05) is 13.8 Å². The molecule has 0 spiro atoms. The molecule has 2 rings (SSSR count). The lowest BCUT2D eigenvalue weighted by molar-refractivity contribution is 0.470. The molecule has 0 amide bonds. The zero-order chi connectivity index (χ0) is 15.4. The Balaban J connectivity index is 2.48. The molecule has 0 aliphatic rings. The lowest BCUT2D eigenvalue weighted by Crippen LogP contribution is -1.97. The standard InChI is InChI=1S/C16H16N4O/c1-5-14-16(15(6-2)20(4)19-14)21-13-8-11(10-17)7-12(9-13)18-3/h7-9H,5-6H2,1-2,4H3. The number of ether oxygens (including phenoxy) is 1. The van der Waals surface area contributed by atoms with Crippen molar-refractivity contribution >= 4 is 5.69 Å². The Morgan fingerprint density at radius 2 is 2.10 bits per heavy atom. The van der Waals surface area contributed by atoms with Crippen LogP contribution in [0.25, 0.3) is 4.85 Å². The SMILES string of the molecule is [C-]#[N+]c1cc(C#N)cc(Oc2c(CC)nn(C)c2CC)c1. The van der Waals surface area contributed by atoms with Crippen LogP contribution in [-0.4, -0.2) is 9.78 Å². The fraction of sp³-hybridized carbons (Fsp3) is 0.312. The summed E-state index contributed by atoms with van der Waals surface area (Å²) in [6.45, 7) is 11.2. The average molecular weight is 280 g/mol. The quantitative estimate of drug-likeness (QED) is 0.801. The number of benzene rings is 1. The van der Waals surface area contributed by atoms with E-state index in [0.717, 1.165) is 30.0 Å².